The summed E-state index contributed by atoms with van der Waals surface area (Å²) in [5.41, 5.74) is 1.56. The monoisotopic (exact) mass is 425 g/mol. The van der Waals surface area contributed by atoms with Crippen molar-refractivity contribution in [2.45, 2.75) is 39.7 Å². The van der Waals surface area contributed by atoms with E-state index in [9.17, 15) is 9.59 Å². The third-order valence-electron chi connectivity index (χ3n) is 4.86. The summed E-state index contributed by atoms with van der Waals surface area (Å²) < 4.78 is 11.5. The molecule has 0 aliphatic carbocycles. The van der Waals surface area contributed by atoms with Crippen LogP contribution in [0.2, 0.25) is 0 Å². The van der Waals surface area contributed by atoms with Crippen molar-refractivity contribution in [3.63, 3.8) is 0 Å². The van der Waals surface area contributed by atoms with Crippen LogP contribution in [0.3, 0.4) is 0 Å². The molecule has 7 heteroatoms. The second-order valence-electron chi connectivity index (χ2n) is 8.63. The van der Waals surface area contributed by atoms with E-state index in [0.717, 1.165) is 25.1 Å². The van der Waals surface area contributed by atoms with Gasteiger partial charge in [0.2, 0.25) is 11.8 Å². The molecule has 2 aromatic rings. The predicted molar refractivity (Wildman–Crippen MR) is 123 cm³/mol. The number of nitrogens with one attached hydrogen (secondary N) is 3. The molecule has 1 fully saturated rings. The largest absolute Gasteiger partial charge is 0.489 e. The lowest BCUT2D eigenvalue weighted by Gasteiger charge is -2.18. The fraction of sp³-hybridized carbons (Fsp3) is 0.417. The van der Waals surface area contributed by atoms with Crippen LogP contribution in [0.4, 0.5) is 17.1 Å². The minimum atomic E-state index is -0.483. The van der Waals surface area contributed by atoms with Crippen molar-refractivity contribution >= 4 is 28.9 Å². The zero-order valence-electron chi connectivity index (χ0n) is 18.4. The van der Waals surface area contributed by atoms with Crippen molar-refractivity contribution < 1.29 is 19.1 Å². The number of hydrogen-bond acceptors (Lipinski definition) is 5. The van der Waals surface area contributed by atoms with Crippen LogP contribution >= 0.6 is 0 Å². The van der Waals surface area contributed by atoms with E-state index in [2.05, 4.69) is 16.0 Å². The molecule has 166 valence electrons. The quantitative estimate of drug-likeness (QED) is 0.587. The normalized spacial score (nSPS) is 15.9. The van der Waals surface area contributed by atoms with E-state index in [1.165, 1.54) is 0 Å². The molecule has 0 aromatic heterocycles. The van der Waals surface area contributed by atoms with Crippen LogP contribution in [0.25, 0.3) is 0 Å². The van der Waals surface area contributed by atoms with Crippen molar-refractivity contribution in [1.29, 1.82) is 0 Å². The third kappa shape index (κ3) is 7.00. The number of carbonyl (C=O) groups excluding carboxylic acids is 2. The highest BCUT2D eigenvalue weighted by molar-refractivity contribution is 5.96. The summed E-state index contributed by atoms with van der Waals surface area (Å²) in [5.74, 6) is 0.359. The van der Waals surface area contributed by atoms with Gasteiger partial charge in [0.05, 0.1) is 18.3 Å². The molecule has 0 spiro atoms. The SMILES string of the molecule is CC(C)(C)C(=O)Nc1cccc(NCC(=O)Nc2ccccc2OCC2CCCO2)c1. The molecule has 3 N–H and O–H groups in total. The molecule has 0 saturated carbocycles. The summed E-state index contributed by atoms with van der Waals surface area (Å²) in [4.78, 5) is 24.6. The molecular weight excluding hydrogens is 394 g/mol. The lowest BCUT2D eigenvalue weighted by Crippen LogP contribution is -2.27. The number of ether oxygens (including phenoxy) is 2. The first-order valence-corrected chi connectivity index (χ1v) is 10.6. The topological polar surface area (TPSA) is 88.7 Å². The van der Waals surface area contributed by atoms with Gasteiger partial charge in [0.25, 0.3) is 0 Å². The first kappa shape index (κ1) is 22.6. The Morgan fingerprint density at radius 1 is 1.06 bits per heavy atom. The van der Waals surface area contributed by atoms with Gasteiger partial charge in [-0.25, -0.2) is 0 Å². The van der Waals surface area contributed by atoms with Crippen molar-refractivity contribution in [3.05, 3.63) is 48.5 Å². The lowest BCUT2D eigenvalue weighted by atomic mass is 9.95. The van der Waals surface area contributed by atoms with Crippen LogP contribution in [-0.4, -0.2) is 37.7 Å². The summed E-state index contributed by atoms with van der Waals surface area (Å²) in [5, 5.41) is 8.86. The lowest BCUT2D eigenvalue weighted by molar-refractivity contribution is -0.123. The summed E-state index contributed by atoms with van der Waals surface area (Å²) in [6.45, 7) is 6.90. The highest BCUT2D eigenvalue weighted by Crippen LogP contribution is 2.25. The molecule has 0 radical (unpaired) electrons. The molecule has 2 amide bonds. The third-order valence-corrected chi connectivity index (χ3v) is 4.86. The average molecular weight is 426 g/mol. The van der Waals surface area contributed by atoms with E-state index in [-0.39, 0.29) is 24.5 Å². The highest BCUT2D eigenvalue weighted by atomic mass is 16.5. The molecule has 3 rings (SSSR count). The van der Waals surface area contributed by atoms with Crippen molar-refractivity contribution in [2.24, 2.45) is 5.41 Å². The van der Waals surface area contributed by atoms with Crippen LogP contribution in [0.15, 0.2) is 48.5 Å². The zero-order chi connectivity index (χ0) is 22.3. The van der Waals surface area contributed by atoms with Crippen LogP contribution in [0, 0.1) is 5.41 Å². The summed E-state index contributed by atoms with van der Waals surface area (Å²) in [7, 11) is 0. The minimum Gasteiger partial charge on any atom is -0.489 e. The summed E-state index contributed by atoms with van der Waals surface area (Å²) in [6.07, 6.45) is 2.16. The van der Waals surface area contributed by atoms with E-state index in [1.807, 2.05) is 63.2 Å². The fourth-order valence-corrected chi connectivity index (χ4v) is 3.06. The number of hydrogen-bond donors (Lipinski definition) is 3. The maximum absolute atomic E-state index is 12.5. The zero-order valence-corrected chi connectivity index (χ0v) is 18.4. The predicted octanol–water partition coefficient (Wildman–Crippen LogP) is 4.28. The molecule has 2 aromatic carbocycles. The van der Waals surface area contributed by atoms with Gasteiger partial charge >= 0.3 is 0 Å². The Bertz CT molecular complexity index is 902. The van der Waals surface area contributed by atoms with Crippen molar-refractivity contribution in [1.82, 2.24) is 0 Å². The first-order valence-electron chi connectivity index (χ1n) is 10.6. The van der Waals surface area contributed by atoms with Crippen LogP contribution in [0.1, 0.15) is 33.6 Å². The molecular formula is C24H31N3O4. The van der Waals surface area contributed by atoms with Crippen LogP contribution in [0.5, 0.6) is 5.75 Å². The van der Waals surface area contributed by atoms with Gasteiger partial charge in [-0.15, -0.1) is 0 Å². The number of anilines is 3. The first-order chi connectivity index (χ1) is 14.8. The van der Waals surface area contributed by atoms with Gasteiger partial charge in [0, 0.05) is 23.4 Å². The average Bonchev–Trinajstić information content (AvgIpc) is 3.25. The van der Waals surface area contributed by atoms with Gasteiger partial charge in [0.1, 0.15) is 12.4 Å². The van der Waals surface area contributed by atoms with E-state index in [0.29, 0.717) is 23.7 Å². The van der Waals surface area contributed by atoms with Gasteiger partial charge < -0.3 is 25.4 Å². The second-order valence-corrected chi connectivity index (χ2v) is 8.63. The summed E-state index contributed by atoms with van der Waals surface area (Å²) in [6, 6.07) is 14.7. The Kier molecular flexibility index (Phi) is 7.52. The molecule has 1 saturated heterocycles. The van der Waals surface area contributed by atoms with Gasteiger partial charge in [0.15, 0.2) is 0 Å². The fourth-order valence-electron chi connectivity index (χ4n) is 3.06. The Hall–Kier alpha value is -3.06. The molecule has 7 nitrogen and oxygen atoms in total. The van der Waals surface area contributed by atoms with Crippen molar-refractivity contribution in [3.8, 4) is 5.75 Å². The molecule has 1 heterocycles. The molecule has 0 bridgehead atoms. The van der Waals surface area contributed by atoms with Gasteiger partial charge in [-0.3, -0.25) is 9.59 Å². The number of carbonyl (C=O) groups is 2. The second kappa shape index (κ2) is 10.3. The van der Waals surface area contributed by atoms with E-state index in [1.54, 1.807) is 6.07 Å². The van der Waals surface area contributed by atoms with E-state index in [4.69, 9.17) is 9.47 Å². The Morgan fingerprint density at radius 3 is 2.58 bits per heavy atom. The smallest absolute Gasteiger partial charge is 0.243 e. The molecule has 1 aliphatic rings. The standard InChI is InChI=1S/C24H31N3O4/c1-24(2,3)23(29)26-18-9-6-8-17(14-18)25-15-22(28)27-20-11-4-5-12-21(20)31-16-19-10-7-13-30-19/h4-6,8-9,11-12,14,19,25H,7,10,13,15-16H2,1-3H3,(H,26,29)(H,27,28). The highest BCUT2D eigenvalue weighted by Gasteiger charge is 2.21. The molecule has 1 aliphatic heterocycles. The van der Waals surface area contributed by atoms with Gasteiger partial charge in [-0.2, -0.15) is 0 Å². The minimum absolute atomic E-state index is 0.0676. The van der Waals surface area contributed by atoms with Crippen molar-refractivity contribution in [2.75, 3.05) is 35.7 Å². The van der Waals surface area contributed by atoms with Crippen LogP contribution in [-0.2, 0) is 14.3 Å². The maximum Gasteiger partial charge on any atom is 0.243 e. The van der Waals surface area contributed by atoms with Crippen LogP contribution < -0.4 is 20.7 Å². The molecule has 1 atom stereocenters. The summed E-state index contributed by atoms with van der Waals surface area (Å²) >= 11 is 0. The Balaban J connectivity index is 1.52. The Morgan fingerprint density at radius 2 is 1.84 bits per heavy atom. The number of amides is 2. The Labute approximate surface area is 183 Å². The number of rotatable bonds is 8. The van der Waals surface area contributed by atoms with Gasteiger partial charge in [-0.1, -0.05) is 39.0 Å². The van der Waals surface area contributed by atoms with Gasteiger partial charge in [-0.05, 0) is 43.2 Å². The van der Waals surface area contributed by atoms with E-state index < -0.39 is 5.41 Å². The van der Waals surface area contributed by atoms with E-state index >= 15 is 0 Å². The molecule has 1 unspecified atom stereocenters. The number of benzene rings is 2. The number of para-hydroxylation sites is 2. The molecule has 31 heavy (non-hydrogen) atoms. The maximum atomic E-state index is 12.5.